The van der Waals surface area contributed by atoms with E-state index >= 15 is 0 Å². The molecule has 1 saturated heterocycles. The lowest BCUT2D eigenvalue weighted by atomic mass is 10.1. The second-order valence-electron chi connectivity index (χ2n) is 4.00. The Balaban J connectivity index is 2.09. The summed E-state index contributed by atoms with van der Waals surface area (Å²) in [5, 5.41) is 7.62. The Morgan fingerprint density at radius 3 is 3.06 bits per heavy atom. The van der Waals surface area contributed by atoms with Gasteiger partial charge in [-0.1, -0.05) is 5.21 Å². The van der Waals surface area contributed by atoms with Crippen LogP contribution in [0.4, 0.5) is 0 Å². The van der Waals surface area contributed by atoms with Gasteiger partial charge in [0.1, 0.15) is 5.69 Å². The zero-order valence-corrected chi connectivity index (χ0v) is 9.17. The van der Waals surface area contributed by atoms with Crippen LogP contribution in [-0.4, -0.2) is 45.2 Å². The minimum atomic E-state index is 0.0837. The van der Waals surface area contributed by atoms with Gasteiger partial charge in [0.2, 0.25) is 5.91 Å². The van der Waals surface area contributed by atoms with Crippen molar-refractivity contribution in [2.24, 2.45) is 0 Å². The summed E-state index contributed by atoms with van der Waals surface area (Å²) < 4.78 is 1.68. The van der Waals surface area contributed by atoms with E-state index in [2.05, 4.69) is 10.3 Å². The van der Waals surface area contributed by atoms with Crippen molar-refractivity contribution in [2.75, 3.05) is 13.1 Å². The zero-order chi connectivity index (χ0) is 11.5. The van der Waals surface area contributed by atoms with E-state index in [1.165, 1.54) is 0 Å². The smallest absolute Gasteiger partial charge is 0.219 e. The van der Waals surface area contributed by atoms with E-state index in [1.54, 1.807) is 22.7 Å². The highest BCUT2D eigenvalue weighted by molar-refractivity contribution is 5.73. The van der Waals surface area contributed by atoms with Crippen molar-refractivity contribution in [3.8, 4) is 0 Å². The van der Waals surface area contributed by atoms with Gasteiger partial charge in [-0.25, -0.2) is 4.68 Å². The number of hydrogen-bond acceptors (Lipinski definition) is 4. The molecule has 0 radical (unpaired) electrons. The molecular weight excluding hydrogens is 208 g/mol. The van der Waals surface area contributed by atoms with Crippen LogP contribution in [-0.2, 0) is 4.79 Å². The molecule has 86 valence electrons. The number of hydrogen-bond donors (Lipinski definition) is 0. The maximum absolute atomic E-state index is 11.3. The minimum absolute atomic E-state index is 0.0837. The molecule has 1 aromatic rings. The number of piperidine rings is 1. The van der Waals surface area contributed by atoms with Gasteiger partial charge in [-0.2, -0.15) is 0 Å². The van der Waals surface area contributed by atoms with Crippen LogP contribution >= 0.6 is 0 Å². The van der Waals surface area contributed by atoms with Crippen molar-refractivity contribution in [3.63, 3.8) is 0 Å². The van der Waals surface area contributed by atoms with Crippen LogP contribution in [0.5, 0.6) is 0 Å². The molecule has 1 unspecified atom stereocenters. The summed E-state index contributed by atoms with van der Waals surface area (Å²) in [6.07, 6.45) is 4.22. The Morgan fingerprint density at radius 2 is 2.44 bits per heavy atom. The molecule has 1 aliphatic heterocycles. The average molecular weight is 222 g/mol. The maximum atomic E-state index is 11.3. The van der Waals surface area contributed by atoms with Crippen LogP contribution in [0, 0.1) is 0 Å². The molecule has 0 saturated carbocycles. The fourth-order valence-corrected chi connectivity index (χ4v) is 1.98. The molecule has 1 aromatic heterocycles. The van der Waals surface area contributed by atoms with E-state index in [9.17, 15) is 9.59 Å². The van der Waals surface area contributed by atoms with Crippen LogP contribution in [0.1, 0.15) is 36.3 Å². The van der Waals surface area contributed by atoms with Gasteiger partial charge in [0.15, 0.2) is 6.29 Å². The summed E-state index contributed by atoms with van der Waals surface area (Å²) in [6, 6.07) is 0.138. The summed E-state index contributed by atoms with van der Waals surface area (Å²) in [5.41, 5.74) is 0.333. The van der Waals surface area contributed by atoms with Crippen LogP contribution in [0.3, 0.4) is 0 Å². The molecule has 16 heavy (non-hydrogen) atoms. The van der Waals surface area contributed by atoms with Crippen molar-refractivity contribution in [1.29, 1.82) is 0 Å². The van der Waals surface area contributed by atoms with Gasteiger partial charge in [-0.15, -0.1) is 5.10 Å². The number of aldehydes is 1. The van der Waals surface area contributed by atoms with Crippen molar-refractivity contribution >= 4 is 12.2 Å². The molecule has 0 N–H and O–H groups in total. The first kappa shape index (κ1) is 10.8. The lowest BCUT2D eigenvalue weighted by molar-refractivity contribution is -0.130. The highest BCUT2D eigenvalue weighted by atomic mass is 16.2. The average Bonchev–Trinajstić information content (AvgIpc) is 2.77. The summed E-state index contributed by atoms with van der Waals surface area (Å²) in [7, 11) is 0. The Labute approximate surface area is 93.2 Å². The van der Waals surface area contributed by atoms with Gasteiger partial charge in [0.25, 0.3) is 0 Å². The fraction of sp³-hybridized carbons (Fsp3) is 0.600. The Hall–Kier alpha value is -1.72. The lowest BCUT2D eigenvalue weighted by Crippen LogP contribution is -2.39. The van der Waals surface area contributed by atoms with Crippen LogP contribution in [0.2, 0.25) is 0 Å². The number of rotatable bonds is 2. The Morgan fingerprint density at radius 1 is 1.62 bits per heavy atom. The number of likely N-dealkylation sites (tertiary alicyclic amines) is 1. The third-order valence-electron chi connectivity index (χ3n) is 2.86. The number of nitrogens with zero attached hydrogens (tertiary/aromatic N) is 4. The van der Waals surface area contributed by atoms with E-state index < -0.39 is 0 Å². The SMILES string of the molecule is CC(=O)N1CCCC(n2cc(C=O)nn2)C1. The highest BCUT2D eigenvalue weighted by Crippen LogP contribution is 2.20. The Kier molecular flexibility index (Phi) is 2.98. The summed E-state index contributed by atoms with van der Waals surface area (Å²) >= 11 is 0. The molecule has 1 aliphatic rings. The van der Waals surface area contributed by atoms with Gasteiger partial charge < -0.3 is 4.90 Å². The second-order valence-corrected chi connectivity index (χ2v) is 4.00. The maximum Gasteiger partial charge on any atom is 0.219 e. The first-order valence-corrected chi connectivity index (χ1v) is 5.33. The molecule has 0 spiro atoms. The molecule has 0 aliphatic carbocycles. The van der Waals surface area contributed by atoms with E-state index in [0.29, 0.717) is 18.5 Å². The normalized spacial score (nSPS) is 20.8. The van der Waals surface area contributed by atoms with E-state index in [0.717, 1.165) is 19.4 Å². The van der Waals surface area contributed by atoms with Crippen LogP contribution in [0.15, 0.2) is 6.20 Å². The van der Waals surface area contributed by atoms with Crippen molar-refractivity contribution in [3.05, 3.63) is 11.9 Å². The molecule has 2 rings (SSSR count). The van der Waals surface area contributed by atoms with Gasteiger partial charge in [0.05, 0.1) is 12.2 Å². The van der Waals surface area contributed by atoms with Crippen LogP contribution < -0.4 is 0 Å². The van der Waals surface area contributed by atoms with Crippen molar-refractivity contribution < 1.29 is 9.59 Å². The zero-order valence-electron chi connectivity index (χ0n) is 9.17. The molecule has 2 heterocycles. The number of amides is 1. The van der Waals surface area contributed by atoms with Crippen molar-refractivity contribution in [2.45, 2.75) is 25.8 Å². The van der Waals surface area contributed by atoms with Gasteiger partial charge in [-0.3, -0.25) is 9.59 Å². The number of carbonyl (C=O) groups excluding carboxylic acids is 2. The fourth-order valence-electron chi connectivity index (χ4n) is 1.98. The predicted octanol–water partition coefficient (Wildman–Crippen LogP) is 0.274. The molecule has 0 aromatic carbocycles. The van der Waals surface area contributed by atoms with Gasteiger partial charge in [-0.05, 0) is 12.8 Å². The lowest BCUT2D eigenvalue weighted by Gasteiger charge is -2.31. The quantitative estimate of drug-likeness (QED) is 0.674. The molecule has 1 atom stereocenters. The third-order valence-corrected chi connectivity index (χ3v) is 2.86. The van der Waals surface area contributed by atoms with E-state index in [1.807, 2.05) is 0 Å². The molecule has 6 heteroatoms. The topological polar surface area (TPSA) is 68.1 Å². The summed E-state index contributed by atoms with van der Waals surface area (Å²) in [6.45, 7) is 3.03. The minimum Gasteiger partial charge on any atom is -0.341 e. The predicted molar refractivity (Wildman–Crippen MR) is 55.9 cm³/mol. The first-order valence-electron chi connectivity index (χ1n) is 5.33. The monoisotopic (exact) mass is 222 g/mol. The third kappa shape index (κ3) is 2.10. The summed E-state index contributed by atoms with van der Waals surface area (Å²) in [4.78, 5) is 23.6. The molecule has 1 fully saturated rings. The van der Waals surface area contributed by atoms with Crippen LogP contribution in [0.25, 0.3) is 0 Å². The van der Waals surface area contributed by atoms with E-state index in [-0.39, 0.29) is 11.9 Å². The highest BCUT2D eigenvalue weighted by Gasteiger charge is 2.23. The molecule has 1 amide bonds. The largest absolute Gasteiger partial charge is 0.341 e. The van der Waals surface area contributed by atoms with Gasteiger partial charge in [0, 0.05) is 20.0 Å². The second kappa shape index (κ2) is 4.42. The summed E-state index contributed by atoms with van der Waals surface area (Å²) in [5.74, 6) is 0.0837. The van der Waals surface area contributed by atoms with E-state index in [4.69, 9.17) is 0 Å². The number of aromatic nitrogens is 3. The molecule has 6 nitrogen and oxygen atoms in total. The number of carbonyl (C=O) groups is 2. The first-order chi connectivity index (χ1) is 7.70. The molecule has 0 bridgehead atoms. The van der Waals surface area contributed by atoms with Crippen molar-refractivity contribution in [1.82, 2.24) is 19.9 Å². The molecular formula is C10H14N4O2. The van der Waals surface area contributed by atoms with Gasteiger partial charge >= 0.3 is 0 Å². The Bertz CT molecular complexity index is 401. The standard InChI is InChI=1S/C10H14N4O2/c1-8(16)13-4-2-3-10(6-13)14-5-9(7-15)11-12-14/h5,7,10H,2-4,6H2,1H3.